The molecule has 0 saturated carbocycles. The van der Waals surface area contributed by atoms with Crippen molar-refractivity contribution in [3.8, 4) is 22.5 Å². The van der Waals surface area contributed by atoms with E-state index in [9.17, 15) is 0 Å². The van der Waals surface area contributed by atoms with Crippen LogP contribution in [0.1, 0.15) is 0 Å². The third-order valence-electron chi connectivity index (χ3n) is 3.46. The van der Waals surface area contributed by atoms with Gasteiger partial charge >= 0.3 is 23.1 Å². The van der Waals surface area contributed by atoms with E-state index in [1.165, 1.54) is 0 Å². The quantitative estimate of drug-likeness (QED) is 0.380. The summed E-state index contributed by atoms with van der Waals surface area (Å²) >= 11 is 6.02. The van der Waals surface area contributed by atoms with Crippen LogP contribution in [0.25, 0.3) is 22.5 Å². The van der Waals surface area contributed by atoms with Crippen LogP contribution in [-0.4, -0.2) is 33.0 Å². The fourth-order valence-corrected chi connectivity index (χ4v) is 2.50. The van der Waals surface area contributed by atoms with Crippen LogP contribution in [0, 0.1) is 6.07 Å². The van der Waals surface area contributed by atoms with Gasteiger partial charge in [-0.05, 0) is 30.0 Å². The molecule has 0 unspecified atom stereocenters. The summed E-state index contributed by atoms with van der Waals surface area (Å²) in [6.45, 7) is 0. The van der Waals surface area contributed by atoms with Crippen molar-refractivity contribution in [3.63, 3.8) is 0 Å². The normalized spacial score (nSPS) is 9.07. The molecule has 0 fully saturated rings. The van der Waals surface area contributed by atoms with Gasteiger partial charge in [-0.3, -0.25) is 4.98 Å². The van der Waals surface area contributed by atoms with Crippen LogP contribution in [0.2, 0.25) is 5.02 Å². The van der Waals surface area contributed by atoms with E-state index in [1.807, 2.05) is 84.9 Å². The van der Waals surface area contributed by atoms with E-state index in [0.29, 0.717) is 0 Å². The summed E-state index contributed by atoms with van der Waals surface area (Å²) in [5.41, 5.74) is 3.90. The van der Waals surface area contributed by atoms with Gasteiger partial charge in [0.2, 0.25) is 0 Å². The van der Waals surface area contributed by atoms with E-state index in [2.05, 4.69) is 16.0 Å². The Labute approximate surface area is 187 Å². The predicted molar refractivity (Wildman–Crippen MR) is 109 cm³/mol. The van der Waals surface area contributed by atoms with E-state index >= 15 is 0 Å². The second kappa shape index (κ2) is 12.5. The molecule has 2 aromatic heterocycles. The third kappa shape index (κ3) is 6.96. The zero-order valence-electron chi connectivity index (χ0n) is 14.6. The van der Waals surface area contributed by atoms with Crippen LogP contribution in [-0.2, 0) is 0 Å². The van der Waals surface area contributed by atoms with E-state index < -0.39 is 0 Å². The van der Waals surface area contributed by atoms with Gasteiger partial charge in [0, 0.05) is 23.0 Å². The molecule has 0 saturated heterocycles. The molecule has 130 valence electrons. The molecule has 2 aromatic carbocycles. The molecule has 2 heterocycles. The average molecular weight is 404 g/mol. The SMILES string of the molecule is Clc1ccccc1-c1ccccn1.[Cl-].[Mg+2].[c-]1ccccc1-c1ccccn1. The summed E-state index contributed by atoms with van der Waals surface area (Å²) in [6, 6.07) is 30.3. The van der Waals surface area contributed by atoms with Crippen LogP contribution in [0.3, 0.4) is 0 Å². The van der Waals surface area contributed by atoms with Crippen molar-refractivity contribution < 1.29 is 12.4 Å². The van der Waals surface area contributed by atoms with Gasteiger partial charge in [0.1, 0.15) is 0 Å². The van der Waals surface area contributed by atoms with Crippen LogP contribution in [0.15, 0.2) is 97.3 Å². The standard InChI is InChI=1S/C11H8ClN.C11H8N.ClH.Mg/c12-10-6-2-1-5-9(10)11-7-3-4-8-13-11;1-2-6-10(7-3-1)11-8-4-5-9-12-11;;/h1-8H;1-6,8-9H;1H;/q;-1;;+2/p-1. The maximum atomic E-state index is 6.02. The van der Waals surface area contributed by atoms with Gasteiger partial charge in [0.05, 0.1) is 5.69 Å². The Morgan fingerprint density at radius 1 is 0.667 bits per heavy atom. The number of nitrogens with zero attached hydrogens (tertiary/aromatic N) is 2. The molecule has 2 nitrogen and oxygen atoms in total. The molecule has 0 aliphatic carbocycles. The molecule has 5 heteroatoms. The number of benzene rings is 2. The first-order valence-electron chi connectivity index (χ1n) is 7.88. The minimum atomic E-state index is 0. The van der Waals surface area contributed by atoms with E-state index in [4.69, 9.17) is 11.6 Å². The zero-order valence-corrected chi connectivity index (χ0v) is 17.5. The minimum Gasteiger partial charge on any atom is -1.00 e. The van der Waals surface area contributed by atoms with Gasteiger partial charge in [0.25, 0.3) is 0 Å². The summed E-state index contributed by atoms with van der Waals surface area (Å²) in [5, 5.41) is 0.737. The van der Waals surface area contributed by atoms with E-state index in [0.717, 1.165) is 27.5 Å². The molecule has 27 heavy (non-hydrogen) atoms. The molecule has 0 atom stereocenters. The molecule has 0 spiro atoms. The van der Waals surface area contributed by atoms with Gasteiger partial charge in [-0.15, -0.1) is 35.9 Å². The fourth-order valence-electron chi connectivity index (χ4n) is 2.27. The van der Waals surface area contributed by atoms with Gasteiger partial charge in [-0.2, -0.15) is 0 Å². The van der Waals surface area contributed by atoms with Gasteiger partial charge in [-0.25, -0.2) is 0 Å². The number of hydrogen-bond acceptors (Lipinski definition) is 2. The van der Waals surface area contributed by atoms with Crippen LogP contribution in [0.4, 0.5) is 0 Å². The van der Waals surface area contributed by atoms with Crippen LogP contribution in [0.5, 0.6) is 0 Å². The summed E-state index contributed by atoms with van der Waals surface area (Å²) in [7, 11) is 0. The van der Waals surface area contributed by atoms with Gasteiger partial charge in [0.15, 0.2) is 0 Å². The Bertz CT molecular complexity index is 867. The maximum Gasteiger partial charge on any atom is 2.00 e. The number of pyridine rings is 2. The van der Waals surface area contributed by atoms with Crippen molar-refractivity contribution in [2.24, 2.45) is 0 Å². The Hall–Kier alpha value is -1.91. The Morgan fingerprint density at radius 3 is 1.81 bits per heavy atom. The van der Waals surface area contributed by atoms with Crippen molar-refractivity contribution in [1.29, 1.82) is 0 Å². The number of hydrogen-bond donors (Lipinski definition) is 0. The van der Waals surface area contributed by atoms with Crippen molar-refractivity contribution in [2.45, 2.75) is 0 Å². The molecular formula is C22H16Cl2MgN2. The Kier molecular flexibility index (Phi) is 10.7. The first kappa shape index (κ1) is 23.1. The summed E-state index contributed by atoms with van der Waals surface area (Å²) in [5.74, 6) is 0. The summed E-state index contributed by atoms with van der Waals surface area (Å²) in [4.78, 5) is 8.44. The summed E-state index contributed by atoms with van der Waals surface area (Å²) < 4.78 is 0. The first-order chi connectivity index (χ1) is 12.3. The number of rotatable bonds is 2. The van der Waals surface area contributed by atoms with E-state index in [-0.39, 0.29) is 35.5 Å². The second-order valence-electron chi connectivity index (χ2n) is 5.19. The second-order valence-corrected chi connectivity index (χ2v) is 5.59. The van der Waals surface area contributed by atoms with Crippen molar-refractivity contribution in [1.82, 2.24) is 9.97 Å². The van der Waals surface area contributed by atoms with Crippen LogP contribution < -0.4 is 12.4 Å². The number of aromatic nitrogens is 2. The average Bonchev–Trinajstić information content (AvgIpc) is 2.71. The molecule has 0 bridgehead atoms. The summed E-state index contributed by atoms with van der Waals surface area (Å²) in [6.07, 6.45) is 3.55. The topological polar surface area (TPSA) is 25.8 Å². The van der Waals surface area contributed by atoms with Gasteiger partial charge < -0.3 is 17.4 Å². The monoisotopic (exact) mass is 402 g/mol. The van der Waals surface area contributed by atoms with Crippen LogP contribution >= 0.6 is 11.6 Å². The van der Waals surface area contributed by atoms with Crippen molar-refractivity contribution >= 4 is 34.7 Å². The molecular weight excluding hydrogens is 387 g/mol. The third-order valence-corrected chi connectivity index (χ3v) is 3.79. The molecule has 4 aromatic rings. The van der Waals surface area contributed by atoms with Crippen molar-refractivity contribution in [2.75, 3.05) is 0 Å². The Morgan fingerprint density at radius 2 is 1.26 bits per heavy atom. The first-order valence-corrected chi connectivity index (χ1v) is 8.26. The van der Waals surface area contributed by atoms with Gasteiger partial charge in [-0.1, -0.05) is 48.0 Å². The predicted octanol–water partition coefficient (Wildman–Crippen LogP) is 2.57. The molecule has 0 N–H and O–H groups in total. The molecule has 4 rings (SSSR count). The minimum absolute atomic E-state index is 0. The Balaban J connectivity index is 0.000000252. The molecule has 0 aliphatic rings. The van der Waals surface area contributed by atoms with Crippen molar-refractivity contribution in [3.05, 3.63) is 108 Å². The molecule has 0 aliphatic heterocycles. The number of halogens is 2. The molecule has 0 amide bonds. The smallest absolute Gasteiger partial charge is 1.00 e. The molecule has 0 radical (unpaired) electrons. The van der Waals surface area contributed by atoms with E-state index in [1.54, 1.807) is 12.4 Å². The fraction of sp³-hybridized carbons (Fsp3) is 0. The largest absolute Gasteiger partial charge is 2.00 e. The zero-order chi connectivity index (χ0) is 17.3. The maximum absolute atomic E-state index is 6.02.